The third kappa shape index (κ3) is 4.37. The molecule has 0 radical (unpaired) electrons. The van der Waals surface area contributed by atoms with Crippen LogP contribution in [0, 0.1) is 17.7 Å². The Hall–Kier alpha value is -1.51. The van der Waals surface area contributed by atoms with E-state index in [1.54, 1.807) is 0 Å². The maximum absolute atomic E-state index is 13.6. The van der Waals surface area contributed by atoms with E-state index in [9.17, 15) is 24.2 Å². The Kier molecular flexibility index (Phi) is 5.86. The quantitative estimate of drug-likeness (QED) is 0.707. The maximum atomic E-state index is 13.6. The molecule has 2 rings (SSSR count). The molecule has 1 unspecified atom stereocenters. The van der Waals surface area contributed by atoms with Crippen LogP contribution in [0.2, 0.25) is 0 Å². The van der Waals surface area contributed by atoms with Gasteiger partial charge in [0.05, 0.1) is 17.9 Å². The van der Waals surface area contributed by atoms with Crippen molar-refractivity contribution in [2.24, 2.45) is 11.8 Å². The summed E-state index contributed by atoms with van der Waals surface area (Å²) >= 11 is 0. The number of aliphatic hydroxyl groups excluding tert-OH is 1. The highest BCUT2D eigenvalue weighted by Crippen LogP contribution is 2.42. The fraction of sp³-hybridized carbons (Fsp3) is 0.765. The fourth-order valence-electron chi connectivity index (χ4n) is 3.56. The van der Waals surface area contributed by atoms with Crippen molar-refractivity contribution in [1.29, 1.82) is 0 Å². The second-order valence-corrected chi connectivity index (χ2v) is 7.76. The maximum Gasteiger partial charge on any atom is 0.330 e. The van der Waals surface area contributed by atoms with Crippen LogP contribution >= 0.6 is 0 Å². The minimum Gasteiger partial charge on any atom is -0.390 e. The normalized spacial score (nSPS) is 28.0. The molecule has 3 N–H and O–H groups in total. The predicted molar refractivity (Wildman–Crippen MR) is 89.7 cm³/mol. The highest BCUT2D eigenvalue weighted by atomic mass is 19.1. The Morgan fingerprint density at radius 1 is 1.36 bits per heavy atom. The summed E-state index contributed by atoms with van der Waals surface area (Å²) in [6.45, 7) is 7.75. The Morgan fingerprint density at radius 2 is 2.00 bits per heavy atom. The number of nitrogens with zero attached hydrogens (tertiary/aromatic N) is 1. The molecule has 142 valence electrons. The Labute approximate surface area is 145 Å². The minimum atomic E-state index is -1.35. The van der Waals surface area contributed by atoms with Crippen LogP contribution in [-0.4, -0.2) is 37.6 Å². The van der Waals surface area contributed by atoms with Gasteiger partial charge in [0.25, 0.3) is 5.56 Å². The summed E-state index contributed by atoms with van der Waals surface area (Å²) in [6.07, 6.45) is -1.19. The number of H-pyrrole nitrogens is 1. The monoisotopic (exact) mass is 358 g/mol. The Bertz CT molecular complexity index is 714. The summed E-state index contributed by atoms with van der Waals surface area (Å²) in [7, 11) is 0. The molecule has 1 aromatic rings. The van der Waals surface area contributed by atoms with Crippen molar-refractivity contribution >= 4 is 0 Å². The van der Waals surface area contributed by atoms with Crippen LogP contribution < -0.4 is 11.2 Å². The van der Waals surface area contributed by atoms with Crippen molar-refractivity contribution in [3.63, 3.8) is 0 Å². The first-order valence-electron chi connectivity index (χ1n) is 8.60. The lowest BCUT2D eigenvalue weighted by molar-refractivity contribution is -0.126. The third-order valence-electron chi connectivity index (χ3n) is 4.42. The van der Waals surface area contributed by atoms with E-state index in [0.717, 1.165) is 10.8 Å². The third-order valence-corrected chi connectivity index (χ3v) is 4.42. The molecule has 1 aliphatic rings. The van der Waals surface area contributed by atoms with Gasteiger partial charge in [-0.25, -0.2) is 4.79 Å². The van der Waals surface area contributed by atoms with Gasteiger partial charge in [0, 0.05) is 6.42 Å². The first kappa shape index (κ1) is 19.8. The van der Waals surface area contributed by atoms with E-state index in [4.69, 9.17) is 4.74 Å². The molecule has 7 nitrogen and oxygen atoms in total. The molecule has 1 saturated heterocycles. The van der Waals surface area contributed by atoms with Gasteiger partial charge in [-0.15, -0.1) is 0 Å². The lowest BCUT2D eigenvalue weighted by Crippen LogP contribution is -2.47. The standard InChI is InChI=1S/C17H27FN2O5/c1-9(2)5-12(21)14-17(24,6-10(3)4)7-13(25-14)20-8-11(18)15(22)19-16(20)23/h8-10,12-14,21,24H,5-7H2,1-4H3,(H,19,22,23)/t12?,13-,14-,17+/m1/s1. The van der Waals surface area contributed by atoms with E-state index in [1.165, 1.54) is 0 Å². The van der Waals surface area contributed by atoms with Crippen molar-refractivity contribution in [2.45, 2.75) is 71.0 Å². The van der Waals surface area contributed by atoms with Crippen LogP contribution in [0.25, 0.3) is 0 Å². The smallest absolute Gasteiger partial charge is 0.330 e. The van der Waals surface area contributed by atoms with Gasteiger partial charge >= 0.3 is 5.69 Å². The summed E-state index contributed by atoms with van der Waals surface area (Å²) in [6, 6.07) is 0. The molecular formula is C17H27FN2O5. The molecule has 2 heterocycles. The molecule has 4 atom stereocenters. The number of aliphatic hydroxyl groups is 2. The molecule has 1 aromatic heterocycles. The van der Waals surface area contributed by atoms with Crippen molar-refractivity contribution in [3.8, 4) is 0 Å². The molecule has 0 saturated carbocycles. The lowest BCUT2D eigenvalue weighted by atomic mass is 9.82. The van der Waals surface area contributed by atoms with Gasteiger partial charge in [0.2, 0.25) is 5.82 Å². The Morgan fingerprint density at radius 3 is 2.56 bits per heavy atom. The van der Waals surface area contributed by atoms with Crippen LogP contribution in [-0.2, 0) is 4.74 Å². The molecule has 1 aliphatic heterocycles. The molecule has 0 amide bonds. The number of ether oxygens (including phenoxy) is 1. The fourth-order valence-corrected chi connectivity index (χ4v) is 3.56. The van der Waals surface area contributed by atoms with E-state index in [2.05, 4.69) is 0 Å². The van der Waals surface area contributed by atoms with Gasteiger partial charge in [-0.1, -0.05) is 27.7 Å². The van der Waals surface area contributed by atoms with Crippen molar-refractivity contribution in [1.82, 2.24) is 9.55 Å². The van der Waals surface area contributed by atoms with Crippen LogP contribution in [0.5, 0.6) is 0 Å². The van der Waals surface area contributed by atoms with Gasteiger partial charge < -0.3 is 14.9 Å². The van der Waals surface area contributed by atoms with Crippen LogP contribution in [0.1, 0.15) is 53.2 Å². The molecule has 1 fully saturated rings. The first-order valence-corrected chi connectivity index (χ1v) is 8.60. The van der Waals surface area contributed by atoms with Crippen LogP contribution in [0.3, 0.4) is 0 Å². The molecule has 8 heteroatoms. The van der Waals surface area contributed by atoms with Crippen molar-refractivity contribution in [3.05, 3.63) is 32.9 Å². The molecule has 0 aromatic carbocycles. The zero-order chi connectivity index (χ0) is 18.9. The predicted octanol–water partition coefficient (Wildman–Crippen LogP) is 1.15. The SMILES string of the molecule is CC(C)CC(O)[C@H]1O[C@@H](n2cc(F)c(=O)[nH]c2=O)C[C@@]1(O)CC(C)C. The zero-order valence-corrected chi connectivity index (χ0v) is 15.0. The number of nitrogens with one attached hydrogen (secondary N) is 1. The summed E-state index contributed by atoms with van der Waals surface area (Å²) in [5.41, 5.74) is -3.27. The van der Waals surface area contributed by atoms with Crippen molar-refractivity contribution in [2.75, 3.05) is 0 Å². The van der Waals surface area contributed by atoms with Gasteiger partial charge in [0.1, 0.15) is 12.3 Å². The summed E-state index contributed by atoms with van der Waals surface area (Å²) in [4.78, 5) is 25.1. The average Bonchev–Trinajstić information content (AvgIpc) is 2.78. The van der Waals surface area contributed by atoms with Crippen LogP contribution in [0.4, 0.5) is 4.39 Å². The number of hydrogen-bond donors (Lipinski definition) is 3. The highest BCUT2D eigenvalue weighted by molar-refractivity contribution is 5.00. The molecule has 0 spiro atoms. The molecular weight excluding hydrogens is 331 g/mol. The van der Waals surface area contributed by atoms with Gasteiger partial charge in [0.15, 0.2) is 0 Å². The average molecular weight is 358 g/mol. The number of hydrogen-bond acceptors (Lipinski definition) is 5. The molecule has 0 aliphatic carbocycles. The summed E-state index contributed by atoms with van der Waals surface area (Å²) < 4.78 is 20.3. The topological polar surface area (TPSA) is 105 Å². The molecule has 25 heavy (non-hydrogen) atoms. The first-order chi connectivity index (χ1) is 11.5. The summed E-state index contributed by atoms with van der Waals surface area (Å²) in [5, 5.41) is 21.6. The number of aromatic amines is 1. The lowest BCUT2D eigenvalue weighted by Gasteiger charge is -2.33. The number of halogens is 1. The summed E-state index contributed by atoms with van der Waals surface area (Å²) in [5.74, 6) is -0.791. The minimum absolute atomic E-state index is 0.0242. The van der Waals surface area contributed by atoms with Crippen LogP contribution in [0.15, 0.2) is 15.8 Å². The Balaban J connectivity index is 2.36. The number of rotatable bonds is 6. The molecule has 0 bridgehead atoms. The van der Waals surface area contributed by atoms with Gasteiger partial charge in [-0.3, -0.25) is 14.3 Å². The van der Waals surface area contributed by atoms with E-state index >= 15 is 0 Å². The second kappa shape index (κ2) is 7.39. The van der Waals surface area contributed by atoms with Crippen molar-refractivity contribution < 1.29 is 19.3 Å². The van der Waals surface area contributed by atoms with Gasteiger partial charge in [-0.2, -0.15) is 4.39 Å². The van der Waals surface area contributed by atoms with E-state index in [-0.39, 0.29) is 18.3 Å². The zero-order valence-electron chi connectivity index (χ0n) is 15.0. The van der Waals surface area contributed by atoms with E-state index in [0.29, 0.717) is 12.8 Å². The largest absolute Gasteiger partial charge is 0.390 e. The number of aromatic nitrogens is 2. The highest BCUT2D eigenvalue weighted by Gasteiger charge is 2.51. The second-order valence-electron chi connectivity index (χ2n) is 7.76. The van der Waals surface area contributed by atoms with E-state index < -0.39 is 41.1 Å². The van der Waals surface area contributed by atoms with Gasteiger partial charge in [-0.05, 0) is 24.7 Å². The van der Waals surface area contributed by atoms with E-state index in [1.807, 2.05) is 32.7 Å².